The minimum absolute atomic E-state index is 0.597. The highest BCUT2D eigenvalue weighted by atomic mass is 79.9. The third kappa shape index (κ3) is 2.64. The Hall–Kier alpha value is 0.440. The lowest BCUT2D eigenvalue weighted by atomic mass is 9.85. The summed E-state index contributed by atoms with van der Waals surface area (Å²) in [6, 6.07) is 1.61. The molecule has 94 valence electrons. The smallest absolute Gasteiger partial charge is 0.0100 e. The fraction of sp³-hybridized carbons (Fsp3) is 1.00. The van der Waals surface area contributed by atoms with Gasteiger partial charge in [0.1, 0.15) is 0 Å². The summed E-state index contributed by atoms with van der Waals surface area (Å²) in [7, 11) is 0. The van der Waals surface area contributed by atoms with E-state index in [1.165, 1.54) is 56.8 Å². The van der Waals surface area contributed by atoms with Crippen LogP contribution in [-0.2, 0) is 0 Å². The molecule has 2 heteroatoms. The van der Waals surface area contributed by atoms with Gasteiger partial charge in [0.2, 0.25) is 0 Å². The molecule has 1 aliphatic carbocycles. The first-order valence-electron chi connectivity index (χ1n) is 6.99. The van der Waals surface area contributed by atoms with Gasteiger partial charge in [0.05, 0.1) is 0 Å². The zero-order chi connectivity index (χ0) is 11.6. The van der Waals surface area contributed by atoms with E-state index in [1.807, 2.05) is 0 Å². The van der Waals surface area contributed by atoms with Crippen LogP contribution >= 0.6 is 15.9 Å². The van der Waals surface area contributed by atoms with Crippen LogP contribution in [0.2, 0.25) is 0 Å². The molecule has 0 amide bonds. The average molecular weight is 288 g/mol. The molecular formula is C14H26BrN. The standard InChI is InChI=1S/C14H26BrN/c1-12-6-5-7-13(2)16(12)11-14(10-15)8-3-4-9-14/h12-13H,3-11H2,1-2H3/t12-,13+. The largest absolute Gasteiger partial charge is 0.297 e. The molecule has 0 N–H and O–H groups in total. The summed E-state index contributed by atoms with van der Waals surface area (Å²) in [5.41, 5.74) is 0.597. The summed E-state index contributed by atoms with van der Waals surface area (Å²) in [5, 5.41) is 1.20. The number of rotatable bonds is 3. The molecule has 1 saturated carbocycles. The Bertz CT molecular complexity index is 213. The van der Waals surface area contributed by atoms with Crippen LogP contribution in [0.3, 0.4) is 0 Å². The SMILES string of the molecule is C[C@@H]1CCC[C@H](C)N1CC1(CBr)CCCC1. The molecule has 1 heterocycles. The lowest BCUT2D eigenvalue weighted by Gasteiger charge is -2.44. The van der Waals surface area contributed by atoms with Gasteiger partial charge in [0.15, 0.2) is 0 Å². The van der Waals surface area contributed by atoms with Crippen molar-refractivity contribution in [2.24, 2.45) is 5.41 Å². The molecule has 1 nitrogen and oxygen atoms in total. The highest BCUT2D eigenvalue weighted by Crippen LogP contribution is 2.41. The van der Waals surface area contributed by atoms with E-state index >= 15 is 0 Å². The number of alkyl halides is 1. The second-order valence-electron chi connectivity index (χ2n) is 6.14. The van der Waals surface area contributed by atoms with E-state index in [0.29, 0.717) is 5.41 Å². The van der Waals surface area contributed by atoms with Crippen molar-refractivity contribution in [1.29, 1.82) is 0 Å². The maximum Gasteiger partial charge on any atom is 0.0100 e. The van der Waals surface area contributed by atoms with Crippen LogP contribution in [0.25, 0.3) is 0 Å². The molecule has 16 heavy (non-hydrogen) atoms. The van der Waals surface area contributed by atoms with Gasteiger partial charge in [0, 0.05) is 24.0 Å². The van der Waals surface area contributed by atoms with Crippen LogP contribution in [0.15, 0.2) is 0 Å². The van der Waals surface area contributed by atoms with Crippen molar-refractivity contribution >= 4 is 15.9 Å². The first-order chi connectivity index (χ1) is 7.67. The third-order valence-electron chi connectivity index (χ3n) is 4.84. The molecule has 0 unspecified atom stereocenters. The lowest BCUT2D eigenvalue weighted by Crippen LogP contribution is -2.49. The second-order valence-corrected chi connectivity index (χ2v) is 6.70. The molecule has 1 aliphatic heterocycles. The molecule has 2 rings (SSSR count). The Morgan fingerprint density at radius 1 is 1.06 bits per heavy atom. The highest BCUT2D eigenvalue weighted by Gasteiger charge is 2.37. The Balaban J connectivity index is 2.00. The summed E-state index contributed by atoms with van der Waals surface area (Å²) in [6.45, 7) is 6.18. The molecule has 0 spiro atoms. The van der Waals surface area contributed by atoms with Crippen LogP contribution in [0.4, 0.5) is 0 Å². The molecular weight excluding hydrogens is 262 g/mol. The molecule has 2 fully saturated rings. The van der Waals surface area contributed by atoms with Crippen LogP contribution in [-0.4, -0.2) is 28.9 Å². The Labute approximate surface area is 109 Å². The van der Waals surface area contributed by atoms with E-state index in [-0.39, 0.29) is 0 Å². The van der Waals surface area contributed by atoms with E-state index in [0.717, 1.165) is 12.1 Å². The molecule has 0 aromatic carbocycles. The lowest BCUT2D eigenvalue weighted by molar-refractivity contribution is 0.0584. The van der Waals surface area contributed by atoms with Crippen LogP contribution in [0, 0.1) is 5.41 Å². The zero-order valence-corrected chi connectivity index (χ0v) is 12.4. The van der Waals surface area contributed by atoms with E-state index in [4.69, 9.17) is 0 Å². The predicted octanol–water partition coefficient (Wildman–Crippen LogP) is 4.20. The van der Waals surface area contributed by atoms with Gasteiger partial charge in [-0.3, -0.25) is 4.90 Å². The van der Waals surface area contributed by atoms with Gasteiger partial charge in [0.25, 0.3) is 0 Å². The number of halogens is 1. The first kappa shape index (κ1) is 12.9. The van der Waals surface area contributed by atoms with Crippen molar-refractivity contribution in [2.75, 3.05) is 11.9 Å². The molecule has 0 aromatic heterocycles. The Kier molecular flexibility index (Phi) is 4.34. The summed E-state index contributed by atoms with van der Waals surface area (Å²) >= 11 is 3.77. The van der Waals surface area contributed by atoms with Crippen LogP contribution < -0.4 is 0 Å². The second kappa shape index (κ2) is 5.39. The normalized spacial score (nSPS) is 35.4. The number of likely N-dealkylation sites (tertiary alicyclic amines) is 1. The summed E-state index contributed by atoms with van der Waals surface area (Å²) in [6.07, 6.45) is 10.0. The van der Waals surface area contributed by atoms with Crippen molar-refractivity contribution < 1.29 is 0 Å². The van der Waals surface area contributed by atoms with Crippen molar-refractivity contribution in [2.45, 2.75) is 70.9 Å². The highest BCUT2D eigenvalue weighted by molar-refractivity contribution is 9.09. The molecule has 1 saturated heterocycles. The van der Waals surface area contributed by atoms with E-state index < -0.39 is 0 Å². The van der Waals surface area contributed by atoms with Gasteiger partial charge in [-0.25, -0.2) is 0 Å². The fourth-order valence-electron chi connectivity index (χ4n) is 3.63. The minimum atomic E-state index is 0.597. The topological polar surface area (TPSA) is 3.24 Å². The molecule has 2 atom stereocenters. The first-order valence-corrected chi connectivity index (χ1v) is 8.11. The Morgan fingerprint density at radius 2 is 1.62 bits per heavy atom. The van der Waals surface area contributed by atoms with Crippen molar-refractivity contribution in [3.63, 3.8) is 0 Å². The molecule has 2 aliphatic rings. The van der Waals surface area contributed by atoms with E-state index in [1.54, 1.807) is 0 Å². The summed E-state index contributed by atoms with van der Waals surface area (Å²) < 4.78 is 0. The van der Waals surface area contributed by atoms with E-state index in [2.05, 4.69) is 34.7 Å². The summed E-state index contributed by atoms with van der Waals surface area (Å²) in [5.74, 6) is 0. The van der Waals surface area contributed by atoms with Gasteiger partial charge in [-0.15, -0.1) is 0 Å². The van der Waals surface area contributed by atoms with Crippen LogP contribution in [0.5, 0.6) is 0 Å². The van der Waals surface area contributed by atoms with Crippen molar-refractivity contribution in [3.05, 3.63) is 0 Å². The average Bonchev–Trinajstić information content (AvgIpc) is 2.73. The molecule has 0 aromatic rings. The number of hydrogen-bond acceptors (Lipinski definition) is 1. The Morgan fingerprint density at radius 3 is 2.12 bits per heavy atom. The number of hydrogen-bond donors (Lipinski definition) is 0. The van der Waals surface area contributed by atoms with Gasteiger partial charge in [-0.05, 0) is 44.9 Å². The van der Waals surface area contributed by atoms with Gasteiger partial charge >= 0.3 is 0 Å². The predicted molar refractivity (Wildman–Crippen MR) is 74.2 cm³/mol. The van der Waals surface area contributed by atoms with Crippen LogP contribution in [0.1, 0.15) is 58.8 Å². The van der Waals surface area contributed by atoms with Gasteiger partial charge in [-0.1, -0.05) is 35.2 Å². The zero-order valence-electron chi connectivity index (χ0n) is 10.8. The fourth-order valence-corrected chi connectivity index (χ4v) is 4.37. The number of piperidine rings is 1. The van der Waals surface area contributed by atoms with Crippen molar-refractivity contribution in [3.8, 4) is 0 Å². The minimum Gasteiger partial charge on any atom is -0.297 e. The van der Waals surface area contributed by atoms with Crippen molar-refractivity contribution in [1.82, 2.24) is 4.90 Å². The monoisotopic (exact) mass is 287 g/mol. The quantitative estimate of drug-likeness (QED) is 0.703. The summed E-state index contributed by atoms with van der Waals surface area (Å²) in [4.78, 5) is 2.79. The third-order valence-corrected chi connectivity index (χ3v) is 6.03. The number of nitrogens with zero attached hydrogens (tertiary/aromatic N) is 1. The molecule has 0 bridgehead atoms. The van der Waals surface area contributed by atoms with Gasteiger partial charge in [-0.2, -0.15) is 0 Å². The van der Waals surface area contributed by atoms with E-state index in [9.17, 15) is 0 Å². The maximum absolute atomic E-state index is 3.77. The van der Waals surface area contributed by atoms with Gasteiger partial charge < -0.3 is 0 Å². The maximum atomic E-state index is 3.77. The molecule has 0 radical (unpaired) electrons.